The van der Waals surface area contributed by atoms with Crippen molar-refractivity contribution in [2.75, 3.05) is 0 Å². The second kappa shape index (κ2) is 7.64. The van der Waals surface area contributed by atoms with E-state index in [1.54, 1.807) is 24.3 Å². The summed E-state index contributed by atoms with van der Waals surface area (Å²) in [6.07, 6.45) is 0. The summed E-state index contributed by atoms with van der Waals surface area (Å²) in [5, 5.41) is 6.87. The van der Waals surface area contributed by atoms with Crippen molar-refractivity contribution in [3.05, 3.63) is 68.1 Å². The predicted molar refractivity (Wildman–Crippen MR) is 93.0 cm³/mol. The number of benzene rings is 2. The normalized spacial score (nSPS) is 12.6. The summed E-state index contributed by atoms with van der Waals surface area (Å²) in [5.41, 5.74) is 0.128. The highest BCUT2D eigenvalue weighted by Gasteiger charge is 2.15. The lowest BCUT2D eigenvalue weighted by atomic mass is 10.2. The van der Waals surface area contributed by atoms with Gasteiger partial charge in [-0.15, -0.1) is 10.2 Å². The Balaban J connectivity index is 2.33. The van der Waals surface area contributed by atoms with Crippen molar-refractivity contribution in [1.82, 2.24) is 0 Å². The van der Waals surface area contributed by atoms with Crippen LogP contribution in [0.1, 0.15) is 11.1 Å². The van der Waals surface area contributed by atoms with Crippen LogP contribution in [0, 0.1) is 11.6 Å². The Bertz CT molecular complexity index is 739. The van der Waals surface area contributed by atoms with E-state index < -0.39 is 22.4 Å². The zero-order chi connectivity index (χ0) is 16.3. The van der Waals surface area contributed by atoms with Crippen LogP contribution in [-0.4, -0.2) is 10.3 Å². The van der Waals surface area contributed by atoms with Crippen molar-refractivity contribution in [1.29, 1.82) is 0 Å². The van der Waals surface area contributed by atoms with E-state index in [2.05, 4.69) is 42.1 Å². The van der Waals surface area contributed by atoms with Gasteiger partial charge in [0.1, 0.15) is 11.6 Å². The van der Waals surface area contributed by atoms with Gasteiger partial charge in [-0.25, -0.2) is 8.78 Å². The van der Waals surface area contributed by atoms with E-state index in [-0.39, 0.29) is 9.64 Å². The molecule has 2 nitrogen and oxygen atoms in total. The second-order valence-electron chi connectivity index (χ2n) is 4.03. The maximum atomic E-state index is 13.7. The van der Waals surface area contributed by atoms with Crippen molar-refractivity contribution in [2.45, 2.75) is 0 Å². The average Bonchev–Trinajstić information content (AvgIpc) is 2.44. The molecule has 0 heterocycles. The molecule has 0 atom stereocenters. The molecule has 114 valence electrons. The van der Waals surface area contributed by atoms with Crippen LogP contribution < -0.4 is 0 Å². The van der Waals surface area contributed by atoms with Crippen molar-refractivity contribution in [3.8, 4) is 0 Å². The Hall–Kier alpha value is -0.820. The minimum absolute atomic E-state index is 0.0450. The Labute approximate surface area is 152 Å². The lowest BCUT2D eigenvalue weighted by molar-refractivity contribution is 0.578. The van der Waals surface area contributed by atoms with E-state index in [4.69, 9.17) is 23.2 Å². The first kappa shape index (κ1) is 17.5. The Morgan fingerprint density at radius 1 is 0.818 bits per heavy atom. The van der Waals surface area contributed by atoms with E-state index in [9.17, 15) is 8.78 Å². The van der Waals surface area contributed by atoms with Crippen molar-refractivity contribution in [3.63, 3.8) is 0 Å². The summed E-state index contributed by atoms with van der Waals surface area (Å²) >= 11 is 18.0. The number of nitrogens with zero attached hydrogens (tertiary/aromatic N) is 2. The molecule has 0 amide bonds. The molecular weight excluding hydrogens is 465 g/mol. The van der Waals surface area contributed by atoms with Crippen LogP contribution in [0.15, 0.2) is 55.5 Å². The van der Waals surface area contributed by atoms with Crippen molar-refractivity contribution >= 4 is 65.4 Å². The molecule has 0 aliphatic heterocycles. The molecule has 0 saturated carbocycles. The molecule has 0 N–H and O–H groups in total. The van der Waals surface area contributed by atoms with E-state index in [1.165, 1.54) is 0 Å². The van der Waals surface area contributed by atoms with Gasteiger partial charge < -0.3 is 0 Å². The molecule has 0 unspecified atom stereocenters. The molecule has 0 aliphatic carbocycles. The van der Waals surface area contributed by atoms with E-state index in [0.717, 1.165) is 16.6 Å². The van der Waals surface area contributed by atoms with Gasteiger partial charge in [-0.1, -0.05) is 67.2 Å². The lowest BCUT2D eigenvalue weighted by Crippen LogP contribution is -2.01. The lowest BCUT2D eigenvalue weighted by Gasteiger charge is -2.02. The van der Waals surface area contributed by atoms with Crippen LogP contribution in [0.3, 0.4) is 0 Å². The number of hydrogen-bond acceptors (Lipinski definition) is 2. The smallest absolute Gasteiger partial charge is 0.164 e. The van der Waals surface area contributed by atoms with Gasteiger partial charge in [0.05, 0.1) is 5.56 Å². The SMILES string of the molecule is Fc1cc(Br)cc(F)c1/C(Cl)=N/N=C(\Cl)c1ccc(Br)cc1. The molecule has 0 saturated heterocycles. The molecule has 0 bridgehead atoms. The monoisotopic (exact) mass is 468 g/mol. The highest BCUT2D eigenvalue weighted by Crippen LogP contribution is 2.21. The molecule has 2 aromatic carbocycles. The van der Waals surface area contributed by atoms with Gasteiger partial charge in [-0.3, -0.25) is 0 Å². The van der Waals surface area contributed by atoms with Gasteiger partial charge in [0.2, 0.25) is 0 Å². The van der Waals surface area contributed by atoms with E-state index >= 15 is 0 Å². The molecular formula is C14H6Br2Cl2F2N2. The second-order valence-corrected chi connectivity index (χ2v) is 6.58. The van der Waals surface area contributed by atoms with E-state index in [1.807, 2.05) is 0 Å². The first-order chi connectivity index (χ1) is 10.4. The van der Waals surface area contributed by atoms with Crippen LogP contribution >= 0.6 is 55.1 Å². The maximum absolute atomic E-state index is 13.7. The minimum Gasteiger partial charge on any atom is -0.206 e. The molecule has 0 aromatic heterocycles. The summed E-state index contributed by atoms with van der Waals surface area (Å²) in [5.74, 6) is -1.70. The molecule has 2 aromatic rings. The van der Waals surface area contributed by atoms with Gasteiger partial charge in [-0.2, -0.15) is 0 Å². The standard InChI is InChI=1S/C14H6Br2Cl2F2N2/c15-8-3-1-7(2-4-8)13(17)21-22-14(18)12-10(19)5-9(16)6-11(12)20/h1-6H/b21-13-,22-14-. The quantitative estimate of drug-likeness (QED) is 0.384. The average molecular weight is 471 g/mol. The van der Waals surface area contributed by atoms with Gasteiger partial charge in [-0.05, 0) is 24.3 Å². The number of hydrogen-bond donors (Lipinski definition) is 0. The Kier molecular flexibility index (Phi) is 6.09. The molecule has 0 spiro atoms. The topological polar surface area (TPSA) is 24.7 Å². The zero-order valence-corrected chi connectivity index (χ0v) is 15.3. The summed E-state index contributed by atoms with van der Waals surface area (Å²) in [6.45, 7) is 0. The molecule has 22 heavy (non-hydrogen) atoms. The van der Waals surface area contributed by atoms with Gasteiger partial charge in [0.25, 0.3) is 0 Å². The highest BCUT2D eigenvalue weighted by atomic mass is 79.9. The largest absolute Gasteiger partial charge is 0.206 e. The third kappa shape index (κ3) is 4.35. The molecule has 8 heteroatoms. The third-order valence-corrected chi connectivity index (χ3v) is 4.07. The first-order valence-corrected chi connectivity index (χ1v) is 8.10. The fourth-order valence-electron chi connectivity index (χ4n) is 1.52. The third-order valence-electron chi connectivity index (χ3n) is 2.52. The van der Waals surface area contributed by atoms with Crippen molar-refractivity contribution in [2.24, 2.45) is 10.2 Å². The number of rotatable bonds is 3. The van der Waals surface area contributed by atoms with Crippen LogP contribution in [0.4, 0.5) is 8.78 Å². The summed E-state index contributed by atoms with van der Waals surface area (Å²) in [4.78, 5) is 0. The molecule has 0 aliphatic rings. The molecule has 0 radical (unpaired) electrons. The minimum atomic E-state index is -0.851. The fraction of sp³-hybridized carbons (Fsp3) is 0. The highest BCUT2D eigenvalue weighted by molar-refractivity contribution is 9.10. The van der Waals surface area contributed by atoms with Gasteiger partial charge >= 0.3 is 0 Å². The van der Waals surface area contributed by atoms with Crippen LogP contribution in [0.5, 0.6) is 0 Å². The van der Waals surface area contributed by atoms with Crippen LogP contribution in [0.2, 0.25) is 0 Å². The maximum Gasteiger partial charge on any atom is 0.164 e. The summed E-state index contributed by atoms with van der Waals surface area (Å²) in [6, 6.07) is 9.12. The zero-order valence-electron chi connectivity index (χ0n) is 10.6. The van der Waals surface area contributed by atoms with Gasteiger partial charge in [0, 0.05) is 14.5 Å². The Morgan fingerprint density at radius 3 is 1.86 bits per heavy atom. The van der Waals surface area contributed by atoms with Crippen LogP contribution in [-0.2, 0) is 0 Å². The summed E-state index contributed by atoms with van der Waals surface area (Å²) < 4.78 is 28.6. The molecule has 0 fully saturated rings. The predicted octanol–water partition coefficient (Wildman–Crippen LogP) is 6.08. The van der Waals surface area contributed by atoms with Crippen LogP contribution in [0.25, 0.3) is 0 Å². The fourth-order valence-corrected chi connectivity index (χ4v) is 2.57. The molecule has 2 rings (SSSR count). The van der Waals surface area contributed by atoms with Crippen molar-refractivity contribution < 1.29 is 8.78 Å². The van der Waals surface area contributed by atoms with E-state index in [0.29, 0.717) is 5.56 Å². The van der Waals surface area contributed by atoms with Gasteiger partial charge in [0.15, 0.2) is 10.3 Å². The summed E-state index contributed by atoms with van der Waals surface area (Å²) in [7, 11) is 0. The Morgan fingerprint density at radius 2 is 1.32 bits per heavy atom. The first-order valence-electron chi connectivity index (χ1n) is 5.76. The number of halogens is 6.